The monoisotopic (exact) mass is 762 g/mol. The smallest absolute Gasteiger partial charge is 0.303 e. The zero-order valence-corrected chi connectivity index (χ0v) is 32.2. The van der Waals surface area contributed by atoms with E-state index in [2.05, 4.69) is 0 Å². The minimum Gasteiger partial charge on any atom is -0.456 e. The van der Waals surface area contributed by atoms with Crippen LogP contribution in [0.25, 0.3) is 0 Å². The molecule has 8 nitrogen and oxygen atoms in total. The first-order chi connectivity index (χ1) is 27.7. The molecule has 0 N–H and O–H groups in total. The van der Waals surface area contributed by atoms with Crippen molar-refractivity contribution < 1.29 is 38.1 Å². The van der Waals surface area contributed by atoms with E-state index in [4.69, 9.17) is 23.7 Å². The zero-order chi connectivity index (χ0) is 40.1. The molecule has 0 spiro atoms. The molecule has 0 bridgehead atoms. The molecule has 0 saturated carbocycles. The van der Waals surface area contributed by atoms with Crippen molar-refractivity contribution in [3.05, 3.63) is 215 Å². The first kappa shape index (κ1) is 40.3. The van der Waals surface area contributed by atoms with Crippen molar-refractivity contribution in [3.8, 4) is 0 Å². The van der Waals surface area contributed by atoms with Crippen LogP contribution in [-0.4, -0.2) is 49.4 Å². The Hall–Kier alpha value is -6.35. The summed E-state index contributed by atoms with van der Waals surface area (Å²) in [4.78, 5) is 38.9. The van der Waals surface area contributed by atoms with E-state index >= 15 is 0 Å². The molecule has 0 aliphatic carbocycles. The lowest BCUT2D eigenvalue weighted by Gasteiger charge is -2.40. The highest BCUT2D eigenvalue weighted by molar-refractivity contribution is 5.68. The highest BCUT2D eigenvalue weighted by Gasteiger charge is 2.45. The SMILES string of the molecule is CC(=O)OC(COC(c1ccccc1)(c1ccccc1)c1ccccc1)C(OC(C)=O)C(COC(c1ccccc1)(c1ccccc1)c1ccccc1)OC(C)=O. The Balaban J connectivity index is 1.46. The number of carbonyl (C=O) groups excluding carboxylic acids is 3. The third kappa shape index (κ3) is 9.38. The number of rotatable bonds is 17. The third-order valence-corrected chi connectivity index (χ3v) is 9.68. The van der Waals surface area contributed by atoms with Crippen molar-refractivity contribution in [2.75, 3.05) is 13.2 Å². The number of esters is 3. The topological polar surface area (TPSA) is 97.4 Å². The van der Waals surface area contributed by atoms with Crippen LogP contribution >= 0.6 is 0 Å². The fraction of sp³-hybridized carbons (Fsp3) is 0.204. The van der Waals surface area contributed by atoms with Crippen LogP contribution in [-0.2, 0) is 49.3 Å². The molecule has 0 aliphatic heterocycles. The van der Waals surface area contributed by atoms with E-state index in [1.165, 1.54) is 20.8 Å². The average Bonchev–Trinajstić information content (AvgIpc) is 3.24. The number of ether oxygens (including phenoxy) is 5. The lowest BCUT2D eigenvalue weighted by molar-refractivity contribution is -0.198. The average molecular weight is 763 g/mol. The standard InChI is InChI=1S/C49H46O8/c1-36(50)55-45(34-53-48(39-22-10-4-11-23-39,40-24-12-5-13-25-40)41-26-14-6-15-27-41)47(57-38(3)52)46(56-37(2)51)35-54-49(42-28-16-7-17-29-42,43-30-18-8-19-31-43)44-32-20-9-21-33-44/h4-33,45-47H,34-35H2,1-3H3. The summed E-state index contributed by atoms with van der Waals surface area (Å²) >= 11 is 0. The molecular formula is C49H46O8. The molecule has 0 aromatic heterocycles. The molecular weight excluding hydrogens is 717 g/mol. The molecule has 0 aliphatic rings. The van der Waals surface area contributed by atoms with Crippen molar-refractivity contribution in [2.45, 2.75) is 50.3 Å². The first-order valence-electron chi connectivity index (χ1n) is 18.9. The number of carbonyl (C=O) groups is 3. The molecule has 2 unspecified atom stereocenters. The summed E-state index contributed by atoms with van der Waals surface area (Å²) in [6.07, 6.45) is -3.90. The lowest BCUT2D eigenvalue weighted by atomic mass is 9.80. The van der Waals surface area contributed by atoms with Gasteiger partial charge in [-0.1, -0.05) is 182 Å². The van der Waals surface area contributed by atoms with Gasteiger partial charge in [-0.3, -0.25) is 14.4 Å². The normalized spacial score (nSPS) is 13.1. The van der Waals surface area contributed by atoms with Crippen molar-refractivity contribution in [1.29, 1.82) is 0 Å². The molecule has 0 heterocycles. The molecule has 8 heteroatoms. The lowest BCUT2D eigenvalue weighted by Crippen LogP contribution is -2.51. The zero-order valence-electron chi connectivity index (χ0n) is 32.2. The van der Waals surface area contributed by atoms with Crippen LogP contribution in [0.15, 0.2) is 182 Å². The maximum atomic E-state index is 13.0. The molecule has 0 saturated heterocycles. The Morgan fingerprint density at radius 1 is 0.368 bits per heavy atom. The second-order valence-electron chi connectivity index (χ2n) is 13.6. The van der Waals surface area contributed by atoms with E-state index in [0.717, 1.165) is 33.4 Å². The molecule has 6 aromatic carbocycles. The van der Waals surface area contributed by atoms with E-state index in [1.54, 1.807) is 0 Å². The molecule has 0 fully saturated rings. The first-order valence-corrected chi connectivity index (χ1v) is 18.9. The predicted octanol–water partition coefficient (Wildman–Crippen LogP) is 8.80. The van der Waals surface area contributed by atoms with Crippen molar-refractivity contribution >= 4 is 17.9 Å². The van der Waals surface area contributed by atoms with Gasteiger partial charge in [0, 0.05) is 20.8 Å². The fourth-order valence-electron chi connectivity index (χ4n) is 7.35. The number of benzene rings is 6. The number of hydrogen-bond donors (Lipinski definition) is 0. The summed E-state index contributed by atoms with van der Waals surface area (Å²) in [5.41, 5.74) is 2.45. The molecule has 290 valence electrons. The molecule has 57 heavy (non-hydrogen) atoms. The Kier molecular flexibility index (Phi) is 13.4. The summed E-state index contributed by atoms with van der Waals surface area (Å²) in [5.74, 6) is -1.99. The van der Waals surface area contributed by atoms with Gasteiger partial charge in [0.25, 0.3) is 0 Å². The number of hydrogen-bond acceptors (Lipinski definition) is 8. The van der Waals surface area contributed by atoms with Gasteiger partial charge in [0.1, 0.15) is 11.2 Å². The summed E-state index contributed by atoms with van der Waals surface area (Å²) < 4.78 is 32.1. The minimum atomic E-state index is -1.37. The summed E-state index contributed by atoms with van der Waals surface area (Å²) in [5, 5.41) is 0. The quantitative estimate of drug-likeness (QED) is 0.0517. The summed E-state index contributed by atoms with van der Waals surface area (Å²) in [7, 11) is 0. The van der Waals surface area contributed by atoms with Gasteiger partial charge in [-0.15, -0.1) is 0 Å². The van der Waals surface area contributed by atoms with Gasteiger partial charge in [-0.2, -0.15) is 0 Å². The Labute approximate surface area is 334 Å². The molecule has 6 rings (SSSR count). The highest BCUT2D eigenvalue weighted by atomic mass is 16.6. The van der Waals surface area contributed by atoms with Crippen LogP contribution in [0.2, 0.25) is 0 Å². The van der Waals surface area contributed by atoms with Gasteiger partial charge in [0.15, 0.2) is 18.3 Å². The molecule has 6 aromatic rings. The van der Waals surface area contributed by atoms with Crippen molar-refractivity contribution in [2.24, 2.45) is 0 Å². The van der Waals surface area contributed by atoms with Crippen LogP contribution in [0.1, 0.15) is 54.2 Å². The highest BCUT2D eigenvalue weighted by Crippen LogP contribution is 2.42. The summed E-state index contributed by atoms with van der Waals surface area (Å²) in [6, 6.07) is 58.3. The Morgan fingerprint density at radius 3 is 0.772 bits per heavy atom. The van der Waals surface area contributed by atoms with Crippen molar-refractivity contribution in [1.82, 2.24) is 0 Å². The minimum absolute atomic E-state index is 0.283. The Bertz CT molecular complexity index is 1820. The predicted molar refractivity (Wildman–Crippen MR) is 217 cm³/mol. The van der Waals surface area contributed by atoms with Crippen LogP contribution in [0.5, 0.6) is 0 Å². The van der Waals surface area contributed by atoms with Crippen molar-refractivity contribution in [3.63, 3.8) is 0 Å². The van der Waals surface area contributed by atoms with E-state index in [9.17, 15) is 14.4 Å². The third-order valence-electron chi connectivity index (χ3n) is 9.68. The second kappa shape index (κ2) is 19.0. The Morgan fingerprint density at radius 2 is 0.579 bits per heavy atom. The fourth-order valence-corrected chi connectivity index (χ4v) is 7.35. The van der Waals surface area contributed by atoms with E-state index in [-0.39, 0.29) is 13.2 Å². The van der Waals surface area contributed by atoms with E-state index in [1.807, 2.05) is 182 Å². The molecule has 0 amide bonds. The molecule has 2 atom stereocenters. The van der Waals surface area contributed by atoms with Gasteiger partial charge in [-0.05, 0) is 33.4 Å². The second-order valence-corrected chi connectivity index (χ2v) is 13.6. The maximum absolute atomic E-state index is 13.0. The van der Waals surface area contributed by atoms with Crippen LogP contribution in [0.3, 0.4) is 0 Å². The van der Waals surface area contributed by atoms with Gasteiger partial charge in [-0.25, -0.2) is 0 Å². The van der Waals surface area contributed by atoms with Crippen LogP contribution in [0, 0.1) is 0 Å². The van der Waals surface area contributed by atoms with E-state index < -0.39 is 47.4 Å². The van der Waals surface area contributed by atoms with Gasteiger partial charge in [0.05, 0.1) is 13.2 Å². The maximum Gasteiger partial charge on any atom is 0.303 e. The molecule has 0 radical (unpaired) electrons. The largest absolute Gasteiger partial charge is 0.456 e. The van der Waals surface area contributed by atoms with Gasteiger partial charge < -0.3 is 23.7 Å². The van der Waals surface area contributed by atoms with Gasteiger partial charge >= 0.3 is 17.9 Å². The van der Waals surface area contributed by atoms with Crippen LogP contribution in [0.4, 0.5) is 0 Å². The van der Waals surface area contributed by atoms with Gasteiger partial charge in [0.2, 0.25) is 0 Å². The summed E-state index contributed by atoms with van der Waals surface area (Å²) in [6.45, 7) is 3.21. The van der Waals surface area contributed by atoms with Crippen LogP contribution < -0.4 is 0 Å². The van der Waals surface area contributed by atoms with E-state index in [0.29, 0.717) is 0 Å².